The second-order valence-electron chi connectivity index (χ2n) is 8.10. The fourth-order valence-electron chi connectivity index (χ4n) is 3.60. The highest BCUT2D eigenvalue weighted by Gasteiger charge is 2.34. The molecule has 1 aromatic carbocycles. The number of unbranched alkanes of at least 4 members (excludes halogenated alkanes) is 1. The van der Waals surface area contributed by atoms with Gasteiger partial charge in [-0.3, -0.25) is 19.5 Å². The average Bonchev–Trinajstić information content (AvgIpc) is 3.62. The minimum absolute atomic E-state index is 0.255. The van der Waals surface area contributed by atoms with E-state index in [1.54, 1.807) is 30.5 Å². The van der Waals surface area contributed by atoms with Gasteiger partial charge in [-0.15, -0.1) is 0 Å². The Kier molecular flexibility index (Phi) is 5.87. The number of carbonyl (C=O) groups is 2. The van der Waals surface area contributed by atoms with Gasteiger partial charge in [0.15, 0.2) is 0 Å². The van der Waals surface area contributed by atoms with E-state index >= 15 is 0 Å². The van der Waals surface area contributed by atoms with Crippen LogP contribution in [0, 0.1) is 17.7 Å². The lowest BCUT2D eigenvalue weighted by Crippen LogP contribution is -2.30. The molecule has 1 saturated carbocycles. The highest BCUT2D eigenvalue weighted by molar-refractivity contribution is 6.21. The lowest BCUT2D eigenvalue weighted by molar-refractivity contribution is 0.0653. The van der Waals surface area contributed by atoms with Gasteiger partial charge in [0.2, 0.25) is 5.95 Å². The molecule has 5 rings (SSSR count). The van der Waals surface area contributed by atoms with Crippen LogP contribution >= 0.6 is 0 Å². The second kappa shape index (κ2) is 9.27. The first-order valence-electron chi connectivity index (χ1n) is 11.0. The maximum absolute atomic E-state index is 13.4. The van der Waals surface area contributed by atoms with Crippen LogP contribution in [0.5, 0.6) is 0 Å². The predicted molar refractivity (Wildman–Crippen MR) is 124 cm³/mol. The molecule has 170 valence electrons. The first-order chi connectivity index (χ1) is 16.6. The summed E-state index contributed by atoms with van der Waals surface area (Å²) >= 11 is 0. The summed E-state index contributed by atoms with van der Waals surface area (Å²) in [5.41, 5.74) is 2.00. The number of pyridine rings is 1. The standard InChI is InChI=1S/C25H21FN6O2/c26-17-12-19(15-27-14-17)30-25-28-13-16(22(31-25)29-18-9-10-18)6-2-1-5-11-32-23(33)20-7-3-4-8-21(20)24(32)34/h3-4,7-8,12-15,18H,1,5,9-11H2,(H2,28,29,30,31). The summed E-state index contributed by atoms with van der Waals surface area (Å²) in [6.07, 6.45) is 7.43. The number of amides is 2. The van der Waals surface area contributed by atoms with E-state index in [1.807, 2.05) is 0 Å². The number of benzene rings is 1. The van der Waals surface area contributed by atoms with E-state index in [2.05, 4.69) is 37.4 Å². The number of nitrogens with zero attached hydrogens (tertiary/aromatic N) is 4. The number of fused-ring (bicyclic) bond motifs is 1. The summed E-state index contributed by atoms with van der Waals surface area (Å²) in [5.74, 6) is 6.13. The number of halogens is 1. The number of imide groups is 1. The number of hydrogen-bond donors (Lipinski definition) is 2. The zero-order chi connectivity index (χ0) is 23.5. The number of aromatic nitrogens is 3. The van der Waals surface area contributed by atoms with E-state index in [9.17, 15) is 14.0 Å². The molecular formula is C25H21FN6O2. The molecule has 3 aromatic rings. The molecule has 2 aromatic heterocycles. The Hall–Kier alpha value is -4.32. The van der Waals surface area contributed by atoms with Crippen LogP contribution in [0.25, 0.3) is 0 Å². The van der Waals surface area contributed by atoms with Crippen molar-refractivity contribution in [2.24, 2.45) is 0 Å². The molecule has 34 heavy (non-hydrogen) atoms. The van der Waals surface area contributed by atoms with Crippen molar-refractivity contribution < 1.29 is 14.0 Å². The van der Waals surface area contributed by atoms with Crippen LogP contribution in [0.15, 0.2) is 48.9 Å². The van der Waals surface area contributed by atoms with Crippen molar-refractivity contribution in [2.45, 2.75) is 31.7 Å². The fourth-order valence-corrected chi connectivity index (χ4v) is 3.60. The Labute approximate surface area is 195 Å². The molecule has 1 fully saturated rings. The number of nitrogens with one attached hydrogen (secondary N) is 2. The van der Waals surface area contributed by atoms with Crippen molar-refractivity contribution in [3.05, 3.63) is 71.4 Å². The van der Waals surface area contributed by atoms with Crippen LogP contribution in [0.1, 0.15) is 52.0 Å². The first-order valence-corrected chi connectivity index (χ1v) is 11.0. The van der Waals surface area contributed by atoms with Gasteiger partial charge >= 0.3 is 0 Å². The number of anilines is 3. The van der Waals surface area contributed by atoms with Gasteiger partial charge < -0.3 is 10.6 Å². The van der Waals surface area contributed by atoms with Gasteiger partial charge in [0.05, 0.1) is 41.0 Å². The molecule has 1 aliphatic carbocycles. The van der Waals surface area contributed by atoms with Crippen molar-refractivity contribution in [3.8, 4) is 11.8 Å². The molecule has 8 nitrogen and oxygen atoms in total. The second-order valence-corrected chi connectivity index (χ2v) is 8.10. The zero-order valence-corrected chi connectivity index (χ0v) is 18.2. The fraction of sp³-hybridized carbons (Fsp3) is 0.240. The Morgan fingerprint density at radius 3 is 2.56 bits per heavy atom. The molecule has 2 N–H and O–H groups in total. The number of hydrogen-bond acceptors (Lipinski definition) is 7. The van der Waals surface area contributed by atoms with Crippen LogP contribution in [0.2, 0.25) is 0 Å². The van der Waals surface area contributed by atoms with E-state index in [-0.39, 0.29) is 11.8 Å². The molecule has 0 unspecified atom stereocenters. The van der Waals surface area contributed by atoms with E-state index in [1.165, 1.54) is 17.2 Å². The van der Waals surface area contributed by atoms with Crippen molar-refractivity contribution in [3.63, 3.8) is 0 Å². The van der Waals surface area contributed by atoms with Gasteiger partial charge in [-0.2, -0.15) is 4.98 Å². The van der Waals surface area contributed by atoms with E-state index in [4.69, 9.17) is 0 Å². The predicted octanol–water partition coefficient (Wildman–Crippen LogP) is 3.76. The van der Waals surface area contributed by atoms with Crippen LogP contribution in [0.3, 0.4) is 0 Å². The molecule has 0 radical (unpaired) electrons. The van der Waals surface area contributed by atoms with Crippen LogP contribution in [-0.4, -0.2) is 44.3 Å². The van der Waals surface area contributed by atoms with Gasteiger partial charge in [0.25, 0.3) is 11.8 Å². The van der Waals surface area contributed by atoms with Crippen molar-refractivity contribution in [1.29, 1.82) is 0 Å². The van der Waals surface area contributed by atoms with Crippen molar-refractivity contribution in [1.82, 2.24) is 19.9 Å². The third-order valence-electron chi connectivity index (χ3n) is 5.45. The normalized spacial score (nSPS) is 14.4. The molecule has 0 atom stereocenters. The summed E-state index contributed by atoms with van der Waals surface area (Å²) in [7, 11) is 0. The van der Waals surface area contributed by atoms with E-state index < -0.39 is 5.82 Å². The molecule has 9 heteroatoms. The Morgan fingerprint density at radius 1 is 1.09 bits per heavy atom. The Bertz CT molecular complexity index is 1290. The summed E-state index contributed by atoms with van der Waals surface area (Å²) in [5, 5.41) is 6.30. The highest BCUT2D eigenvalue weighted by atomic mass is 19.1. The van der Waals surface area contributed by atoms with Gasteiger partial charge in [-0.25, -0.2) is 9.37 Å². The highest BCUT2D eigenvalue weighted by Crippen LogP contribution is 2.26. The van der Waals surface area contributed by atoms with Gasteiger partial charge in [-0.1, -0.05) is 24.0 Å². The molecule has 1 aliphatic heterocycles. The zero-order valence-electron chi connectivity index (χ0n) is 18.2. The Morgan fingerprint density at radius 2 is 1.85 bits per heavy atom. The summed E-state index contributed by atoms with van der Waals surface area (Å²) < 4.78 is 13.4. The van der Waals surface area contributed by atoms with Crippen LogP contribution in [0.4, 0.5) is 21.8 Å². The summed E-state index contributed by atoms with van der Waals surface area (Å²) in [4.78, 5) is 38.7. The summed E-state index contributed by atoms with van der Waals surface area (Å²) in [6.45, 7) is 0.315. The minimum Gasteiger partial charge on any atom is -0.366 e. The Balaban J connectivity index is 1.22. The van der Waals surface area contributed by atoms with Crippen molar-refractivity contribution >= 4 is 29.3 Å². The maximum atomic E-state index is 13.4. The SMILES string of the molecule is O=C1c2ccccc2C(=O)N1CCCC#Cc1cnc(Nc2cncc(F)c2)nc1NC1CC1. The number of carbonyl (C=O) groups excluding carboxylic acids is 2. The molecule has 3 heterocycles. The molecule has 2 aliphatic rings. The average molecular weight is 456 g/mol. The maximum Gasteiger partial charge on any atom is 0.261 e. The largest absolute Gasteiger partial charge is 0.366 e. The van der Waals surface area contributed by atoms with Crippen LogP contribution < -0.4 is 10.6 Å². The third-order valence-corrected chi connectivity index (χ3v) is 5.45. The van der Waals surface area contributed by atoms with Gasteiger partial charge in [-0.05, 0) is 31.4 Å². The smallest absolute Gasteiger partial charge is 0.261 e. The van der Waals surface area contributed by atoms with Crippen LogP contribution in [-0.2, 0) is 0 Å². The van der Waals surface area contributed by atoms with Crippen molar-refractivity contribution in [2.75, 3.05) is 17.2 Å². The summed E-state index contributed by atoms with van der Waals surface area (Å²) in [6, 6.07) is 8.52. The molecule has 0 spiro atoms. The van der Waals surface area contributed by atoms with E-state index in [0.29, 0.717) is 59.6 Å². The lowest BCUT2D eigenvalue weighted by Gasteiger charge is -2.12. The monoisotopic (exact) mass is 456 g/mol. The van der Waals surface area contributed by atoms with Gasteiger partial charge in [0.1, 0.15) is 11.6 Å². The molecule has 2 amide bonds. The molecular weight excluding hydrogens is 435 g/mol. The number of rotatable bonds is 7. The minimum atomic E-state index is -0.454. The quantitative estimate of drug-likeness (QED) is 0.317. The molecule has 0 saturated heterocycles. The molecule has 0 bridgehead atoms. The first kappa shape index (κ1) is 21.5. The third kappa shape index (κ3) is 4.71. The van der Waals surface area contributed by atoms with E-state index in [0.717, 1.165) is 19.0 Å². The lowest BCUT2D eigenvalue weighted by atomic mass is 10.1. The topological polar surface area (TPSA) is 100 Å². The van der Waals surface area contributed by atoms with Gasteiger partial charge in [0, 0.05) is 25.1 Å².